The maximum absolute atomic E-state index is 12.1. The lowest BCUT2D eigenvalue weighted by atomic mass is 9.88. The van der Waals surface area contributed by atoms with E-state index in [4.69, 9.17) is 5.73 Å². The highest BCUT2D eigenvalue weighted by Crippen LogP contribution is 2.36. The summed E-state index contributed by atoms with van der Waals surface area (Å²) < 4.78 is 0. The number of nitrogens with zero attached hydrogens (tertiary/aromatic N) is 1. The number of benzene rings is 1. The largest absolute Gasteiger partial charge is 0.359 e. The van der Waals surface area contributed by atoms with Crippen LogP contribution in [0.15, 0.2) is 24.3 Å². The highest BCUT2D eigenvalue weighted by Gasteiger charge is 2.42. The second-order valence-corrected chi connectivity index (χ2v) is 6.57. The van der Waals surface area contributed by atoms with Crippen molar-refractivity contribution in [3.05, 3.63) is 35.4 Å². The van der Waals surface area contributed by atoms with E-state index >= 15 is 0 Å². The molecule has 3 unspecified atom stereocenters. The van der Waals surface area contributed by atoms with Gasteiger partial charge in [-0.05, 0) is 39.3 Å². The Morgan fingerprint density at radius 1 is 1.38 bits per heavy atom. The van der Waals surface area contributed by atoms with Crippen LogP contribution in [0.2, 0.25) is 0 Å². The number of nitrogens with two attached hydrogens (primary N) is 1. The molecule has 1 fully saturated rings. The Hall–Kier alpha value is -1.39. The molecule has 4 nitrogen and oxygen atoms in total. The van der Waals surface area contributed by atoms with E-state index in [1.807, 2.05) is 13.8 Å². The number of carbonyl (C=O) groups excluding carboxylic acids is 1. The second-order valence-electron chi connectivity index (χ2n) is 6.57. The molecule has 21 heavy (non-hydrogen) atoms. The molecular formula is C17H27N3O. The molecule has 0 bridgehead atoms. The number of hydrogen-bond donors (Lipinski definition) is 2. The first-order valence-corrected chi connectivity index (χ1v) is 7.66. The minimum Gasteiger partial charge on any atom is -0.359 e. The molecule has 1 aliphatic rings. The molecule has 0 saturated carbocycles. The number of amides is 1. The minimum atomic E-state index is -0.313. The van der Waals surface area contributed by atoms with Crippen molar-refractivity contribution in [2.75, 3.05) is 20.1 Å². The topological polar surface area (TPSA) is 58.4 Å². The van der Waals surface area contributed by atoms with Gasteiger partial charge in [0, 0.05) is 25.7 Å². The van der Waals surface area contributed by atoms with Crippen LogP contribution in [0.1, 0.15) is 37.4 Å². The molecule has 2 rings (SSSR count). The maximum atomic E-state index is 12.1. The summed E-state index contributed by atoms with van der Waals surface area (Å²) in [6, 6.07) is 8.74. The number of carbonyl (C=O) groups is 1. The van der Waals surface area contributed by atoms with Crippen LogP contribution in [0.3, 0.4) is 0 Å². The smallest absolute Gasteiger partial charge is 0.227 e. The third-order valence-electron chi connectivity index (χ3n) is 4.59. The van der Waals surface area contributed by atoms with Gasteiger partial charge in [0.2, 0.25) is 5.91 Å². The fourth-order valence-corrected chi connectivity index (χ4v) is 3.33. The normalized spacial score (nSPS) is 25.6. The molecule has 0 aliphatic carbocycles. The lowest BCUT2D eigenvalue weighted by Gasteiger charge is -2.32. The summed E-state index contributed by atoms with van der Waals surface area (Å²) in [6.07, 6.45) is 0.877. The van der Waals surface area contributed by atoms with Crippen LogP contribution in [0.25, 0.3) is 0 Å². The Morgan fingerprint density at radius 2 is 2.00 bits per heavy atom. The summed E-state index contributed by atoms with van der Waals surface area (Å²) in [5.74, 6) is 0.123. The van der Waals surface area contributed by atoms with Gasteiger partial charge >= 0.3 is 0 Å². The van der Waals surface area contributed by atoms with Crippen molar-refractivity contribution in [1.82, 2.24) is 10.2 Å². The van der Waals surface area contributed by atoms with E-state index in [1.54, 1.807) is 7.05 Å². The SMILES string of the molecule is CNC(=O)C1(C)CCN(C(c2ccc(C)cc2)C(C)N)C1. The first-order valence-electron chi connectivity index (χ1n) is 7.66. The lowest BCUT2D eigenvalue weighted by Crippen LogP contribution is -2.42. The van der Waals surface area contributed by atoms with Crippen molar-refractivity contribution in [3.8, 4) is 0 Å². The van der Waals surface area contributed by atoms with E-state index in [1.165, 1.54) is 11.1 Å². The van der Waals surface area contributed by atoms with Crippen LogP contribution < -0.4 is 11.1 Å². The summed E-state index contributed by atoms with van der Waals surface area (Å²) in [7, 11) is 1.71. The molecule has 1 aromatic rings. The molecule has 0 spiro atoms. The zero-order valence-corrected chi connectivity index (χ0v) is 13.5. The first-order chi connectivity index (χ1) is 9.87. The van der Waals surface area contributed by atoms with Crippen LogP contribution in [0.5, 0.6) is 0 Å². The number of rotatable bonds is 4. The van der Waals surface area contributed by atoms with Gasteiger partial charge in [-0.25, -0.2) is 0 Å². The predicted molar refractivity (Wildman–Crippen MR) is 85.9 cm³/mol. The lowest BCUT2D eigenvalue weighted by molar-refractivity contribution is -0.129. The molecule has 3 atom stereocenters. The van der Waals surface area contributed by atoms with Crippen molar-refractivity contribution in [1.29, 1.82) is 0 Å². The van der Waals surface area contributed by atoms with Crippen LogP contribution in [0, 0.1) is 12.3 Å². The quantitative estimate of drug-likeness (QED) is 0.889. The van der Waals surface area contributed by atoms with Crippen molar-refractivity contribution in [2.24, 2.45) is 11.1 Å². The fourth-order valence-electron chi connectivity index (χ4n) is 3.33. The summed E-state index contributed by atoms with van der Waals surface area (Å²) in [5.41, 5.74) is 8.41. The molecule has 3 N–H and O–H groups in total. The standard InChI is InChI=1S/C17H27N3O/c1-12-5-7-14(8-6-12)15(13(2)18)20-10-9-17(3,11-20)16(21)19-4/h5-8,13,15H,9-11,18H2,1-4H3,(H,19,21). The molecule has 4 heteroatoms. The zero-order valence-electron chi connectivity index (χ0n) is 13.5. The number of likely N-dealkylation sites (tertiary alicyclic amines) is 1. The third-order valence-corrected chi connectivity index (χ3v) is 4.59. The Kier molecular flexibility index (Phi) is 4.69. The minimum absolute atomic E-state index is 0.0275. The Morgan fingerprint density at radius 3 is 2.52 bits per heavy atom. The van der Waals surface area contributed by atoms with Crippen LogP contribution in [-0.2, 0) is 4.79 Å². The summed E-state index contributed by atoms with van der Waals surface area (Å²) in [6.45, 7) is 7.83. The van der Waals surface area contributed by atoms with Gasteiger partial charge in [0.1, 0.15) is 0 Å². The molecular weight excluding hydrogens is 262 g/mol. The molecule has 1 aliphatic heterocycles. The molecule has 1 aromatic carbocycles. The predicted octanol–water partition coefficient (Wildman–Crippen LogP) is 1.84. The van der Waals surface area contributed by atoms with Gasteiger partial charge < -0.3 is 11.1 Å². The molecule has 1 saturated heterocycles. The average molecular weight is 289 g/mol. The number of nitrogens with one attached hydrogen (secondary N) is 1. The van der Waals surface area contributed by atoms with Gasteiger partial charge in [-0.2, -0.15) is 0 Å². The van der Waals surface area contributed by atoms with Crippen molar-refractivity contribution in [2.45, 2.75) is 39.3 Å². The van der Waals surface area contributed by atoms with Crippen molar-refractivity contribution >= 4 is 5.91 Å². The number of aryl methyl sites for hydroxylation is 1. The summed E-state index contributed by atoms with van der Waals surface area (Å²) in [4.78, 5) is 14.4. The van der Waals surface area contributed by atoms with Gasteiger partial charge in [0.15, 0.2) is 0 Å². The van der Waals surface area contributed by atoms with Crippen LogP contribution >= 0.6 is 0 Å². The fraction of sp³-hybridized carbons (Fsp3) is 0.588. The van der Waals surface area contributed by atoms with Gasteiger partial charge in [0.25, 0.3) is 0 Å². The second kappa shape index (κ2) is 6.16. The number of hydrogen-bond acceptors (Lipinski definition) is 3. The van der Waals surface area contributed by atoms with E-state index in [0.29, 0.717) is 0 Å². The van der Waals surface area contributed by atoms with Gasteiger partial charge in [-0.15, -0.1) is 0 Å². The van der Waals surface area contributed by atoms with Crippen molar-refractivity contribution in [3.63, 3.8) is 0 Å². The Bertz CT molecular complexity index is 497. The van der Waals surface area contributed by atoms with Gasteiger partial charge in [-0.3, -0.25) is 9.69 Å². The molecule has 0 radical (unpaired) electrons. The summed E-state index contributed by atoms with van der Waals surface area (Å²) in [5, 5.41) is 2.79. The van der Waals surface area contributed by atoms with E-state index in [2.05, 4.69) is 41.4 Å². The van der Waals surface area contributed by atoms with E-state index in [9.17, 15) is 4.79 Å². The van der Waals surface area contributed by atoms with Crippen molar-refractivity contribution < 1.29 is 4.79 Å². The highest BCUT2D eigenvalue weighted by molar-refractivity contribution is 5.82. The first kappa shape index (κ1) is 16.0. The van der Waals surface area contributed by atoms with E-state index in [-0.39, 0.29) is 23.4 Å². The molecule has 1 heterocycles. The highest BCUT2D eigenvalue weighted by atomic mass is 16.2. The molecule has 116 valence electrons. The average Bonchev–Trinajstić information content (AvgIpc) is 2.83. The molecule has 1 amide bonds. The summed E-state index contributed by atoms with van der Waals surface area (Å²) >= 11 is 0. The third kappa shape index (κ3) is 3.27. The van der Waals surface area contributed by atoms with E-state index < -0.39 is 0 Å². The Labute approximate surface area is 127 Å². The monoisotopic (exact) mass is 289 g/mol. The Balaban J connectivity index is 2.21. The van der Waals surface area contributed by atoms with Gasteiger partial charge in [0.05, 0.1) is 5.41 Å². The zero-order chi connectivity index (χ0) is 15.6. The molecule has 0 aromatic heterocycles. The van der Waals surface area contributed by atoms with E-state index in [0.717, 1.165) is 19.5 Å². The van der Waals surface area contributed by atoms with Crippen LogP contribution in [0.4, 0.5) is 0 Å². The van der Waals surface area contributed by atoms with Crippen LogP contribution in [-0.4, -0.2) is 37.0 Å². The maximum Gasteiger partial charge on any atom is 0.227 e. The van der Waals surface area contributed by atoms with Gasteiger partial charge in [-0.1, -0.05) is 29.8 Å².